The fraction of sp³-hybridized carbons (Fsp3) is 0.133. The van der Waals surface area contributed by atoms with Gasteiger partial charge < -0.3 is 4.57 Å². The molecule has 3 heterocycles. The SMILES string of the molecule is Cn1cc2ccc(-c3nc4cccn(C)c-4n3)cc2n1. The van der Waals surface area contributed by atoms with Crippen molar-refractivity contribution in [2.24, 2.45) is 14.1 Å². The maximum Gasteiger partial charge on any atom is 0.162 e. The van der Waals surface area contributed by atoms with Crippen molar-refractivity contribution in [3.8, 4) is 22.9 Å². The van der Waals surface area contributed by atoms with E-state index in [9.17, 15) is 0 Å². The third kappa shape index (κ3) is 1.60. The lowest BCUT2D eigenvalue weighted by atomic mass is 10.1. The van der Waals surface area contributed by atoms with Crippen molar-refractivity contribution in [1.29, 1.82) is 0 Å². The molecule has 0 N–H and O–H groups in total. The quantitative estimate of drug-likeness (QED) is 0.530. The van der Waals surface area contributed by atoms with Crippen LogP contribution >= 0.6 is 0 Å². The number of fused-ring (bicyclic) bond motifs is 2. The van der Waals surface area contributed by atoms with Crippen LogP contribution in [0, 0.1) is 0 Å². The van der Waals surface area contributed by atoms with Gasteiger partial charge in [0, 0.05) is 37.4 Å². The molecule has 2 aromatic rings. The van der Waals surface area contributed by atoms with E-state index >= 15 is 0 Å². The Morgan fingerprint density at radius 1 is 1.05 bits per heavy atom. The van der Waals surface area contributed by atoms with Gasteiger partial charge in [0.25, 0.3) is 0 Å². The molecule has 5 nitrogen and oxygen atoms in total. The first-order valence-corrected chi connectivity index (χ1v) is 6.43. The molecule has 0 atom stereocenters. The molecule has 2 aliphatic rings. The fourth-order valence-corrected chi connectivity index (χ4v) is 2.46. The van der Waals surface area contributed by atoms with Crippen LogP contribution in [0.5, 0.6) is 0 Å². The highest BCUT2D eigenvalue weighted by Gasteiger charge is 2.14. The number of hydrogen-bond donors (Lipinski definition) is 0. The maximum absolute atomic E-state index is 4.61. The van der Waals surface area contributed by atoms with Crippen LogP contribution in [0.25, 0.3) is 33.8 Å². The number of aromatic nitrogens is 5. The summed E-state index contributed by atoms with van der Waals surface area (Å²) < 4.78 is 3.79. The first kappa shape index (κ1) is 11.2. The molecule has 0 fully saturated rings. The number of imidazole rings is 1. The minimum absolute atomic E-state index is 0.745. The standard InChI is InChI=1S/C15H13N5/c1-19-7-3-4-12-15(19)17-14(16-12)10-5-6-11-9-20(2)18-13(11)8-10/h3-9H,1-2H3. The average Bonchev–Trinajstić information content (AvgIpc) is 3.00. The van der Waals surface area contributed by atoms with Gasteiger partial charge in [-0.2, -0.15) is 5.10 Å². The van der Waals surface area contributed by atoms with Crippen LogP contribution < -0.4 is 0 Å². The molecule has 0 radical (unpaired) electrons. The van der Waals surface area contributed by atoms with Gasteiger partial charge in [-0.3, -0.25) is 4.68 Å². The molecular weight excluding hydrogens is 250 g/mol. The van der Waals surface area contributed by atoms with Gasteiger partial charge in [-0.25, -0.2) is 9.97 Å². The average molecular weight is 263 g/mol. The first-order valence-electron chi connectivity index (χ1n) is 6.43. The first-order chi connectivity index (χ1) is 9.70. The van der Waals surface area contributed by atoms with Gasteiger partial charge in [-0.15, -0.1) is 0 Å². The summed E-state index contributed by atoms with van der Waals surface area (Å²) in [6, 6.07) is 10.1. The van der Waals surface area contributed by atoms with Gasteiger partial charge in [-0.05, 0) is 18.2 Å². The van der Waals surface area contributed by atoms with Crippen LogP contribution in [0.3, 0.4) is 0 Å². The molecule has 0 aliphatic carbocycles. The van der Waals surface area contributed by atoms with Crippen molar-refractivity contribution in [3.05, 3.63) is 42.7 Å². The molecule has 5 heteroatoms. The molecule has 4 rings (SSSR count). The summed E-state index contributed by atoms with van der Waals surface area (Å²) in [7, 11) is 3.90. The van der Waals surface area contributed by atoms with E-state index in [0.717, 1.165) is 33.8 Å². The highest BCUT2D eigenvalue weighted by molar-refractivity contribution is 5.83. The number of pyridine rings is 1. The number of rotatable bonds is 1. The van der Waals surface area contributed by atoms with Crippen molar-refractivity contribution >= 4 is 10.9 Å². The van der Waals surface area contributed by atoms with Crippen LogP contribution in [0.2, 0.25) is 0 Å². The molecule has 0 saturated heterocycles. The van der Waals surface area contributed by atoms with E-state index in [0.29, 0.717) is 0 Å². The van der Waals surface area contributed by atoms with Gasteiger partial charge in [0.1, 0.15) is 5.69 Å². The van der Waals surface area contributed by atoms with E-state index in [4.69, 9.17) is 0 Å². The summed E-state index contributed by atoms with van der Waals surface area (Å²) in [6.45, 7) is 0. The van der Waals surface area contributed by atoms with E-state index in [-0.39, 0.29) is 0 Å². The van der Waals surface area contributed by atoms with Crippen LogP contribution in [0.1, 0.15) is 0 Å². The third-order valence-electron chi connectivity index (χ3n) is 3.45. The Kier molecular flexibility index (Phi) is 2.18. The van der Waals surface area contributed by atoms with Gasteiger partial charge in [-0.1, -0.05) is 12.1 Å². The molecule has 20 heavy (non-hydrogen) atoms. The Morgan fingerprint density at radius 3 is 2.80 bits per heavy atom. The van der Waals surface area contributed by atoms with Crippen LogP contribution in [0.15, 0.2) is 42.7 Å². The summed E-state index contributed by atoms with van der Waals surface area (Å²) in [6.07, 6.45) is 3.98. The summed E-state index contributed by atoms with van der Waals surface area (Å²) in [5.41, 5.74) is 2.86. The van der Waals surface area contributed by atoms with Crippen molar-refractivity contribution in [3.63, 3.8) is 0 Å². The monoisotopic (exact) mass is 263 g/mol. The van der Waals surface area contributed by atoms with Gasteiger partial charge in [0.2, 0.25) is 0 Å². The number of aryl methyl sites for hydroxylation is 2. The van der Waals surface area contributed by atoms with E-state index in [1.807, 2.05) is 60.0 Å². The zero-order valence-electron chi connectivity index (χ0n) is 11.3. The lowest BCUT2D eigenvalue weighted by Crippen LogP contribution is -1.95. The molecule has 1 aromatic carbocycles. The van der Waals surface area contributed by atoms with Gasteiger partial charge >= 0.3 is 0 Å². The van der Waals surface area contributed by atoms with Gasteiger partial charge in [0.15, 0.2) is 11.6 Å². The van der Waals surface area contributed by atoms with E-state index in [2.05, 4.69) is 21.1 Å². The van der Waals surface area contributed by atoms with Crippen LogP contribution in [0.4, 0.5) is 0 Å². The molecular formula is C15H13N5. The molecule has 0 amide bonds. The Morgan fingerprint density at radius 2 is 1.95 bits per heavy atom. The number of hydrogen-bond acceptors (Lipinski definition) is 3. The normalized spacial score (nSPS) is 11.5. The van der Waals surface area contributed by atoms with Gasteiger partial charge in [0.05, 0.1) is 5.52 Å². The maximum atomic E-state index is 4.61. The van der Waals surface area contributed by atoms with Crippen LogP contribution in [-0.4, -0.2) is 24.3 Å². The van der Waals surface area contributed by atoms with Crippen molar-refractivity contribution < 1.29 is 0 Å². The minimum atomic E-state index is 0.745. The molecule has 1 aromatic heterocycles. The largest absolute Gasteiger partial charge is 0.334 e. The fourth-order valence-electron chi connectivity index (χ4n) is 2.46. The third-order valence-corrected chi connectivity index (χ3v) is 3.45. The Hall–Kier alpha value is -2.69. The Balaban J connectivity index is 1.92. The second-order valence-corrected chi connectivity index (χ2v) is 4.95. The second kappa shape index (κ2) is 3.90. The molecule has 0 spiro atoms. The summed E-state index contributed by atoms with van der Waals surface area (Å²) >= 11 is 0. The zero-order valence-corrected chi connectivity index (χ0v) is 11.3. The lowest BCUT2D eigenvalue weighted by molar-refractivity contribution is 0.780. The molecule has 0 bridgehead atoms. The number of benzene rings is 1. The smallest absolute Gasteiger partial charge is 0.162 e. The van der Waals surface area contributed by atoms with Crippen molar-refractivity contribution in [2.75, 3.05) is 0 Å². The lowest BCUT2D eigenvalue weighted by Gasteiger charge is -2.01. The predicted octanol–water partition coefficient (Wildman–Crippen LogP) is 2.47. The topological polar surface area (TPSA) is 48.5 Å². The van der Waals surface area contributed by atoms with Crippen LogP contribution in [-0.2, 0) is 14.1 Å². The Bertz CT molecular complexity index is 886. The van der Waals surface area contributed by atoms with E-state index < -0.39 is 0 Å². The highest BCUT2D eigenvalue weighted by Crippen LogP contribution is 2.26. The van der Waals surface area contributed by atoms with Crippen molar-refractivity contribution in [1.82, 2.24) is 24.3 Å². The second-order valence-electron chi connectivity index (χ2n) is 4.95. The van der Waals surface area contributed by atoms with E-state index in [1.165, 1.54) is 0 Å². The molecule has 2 aliphatic heterocycles. The summed E-state index contributed by atoms with van der Waals surface area (Å²) in [5, 5.41) is 5.55. The highest BCUT2D eigenvalue weighted by atomic mass is 15.2. The minimum Gasteiger partial charge on any atom is -0.334 e. The number of nitrogens with zero attached hydrogens (tertiary/aromatic N) is 5. The zero-order chi connectivity index (χ0) is 13.7. The van der Waals surface area contributed by atoms with Crippen molar-refractivity contribution in [2.45, 2.75) is 0 Å². The Labute approximate surface area is 115 Å². The predicted molar refractivity (Wildman–Crippen MR) is 77.3 cm³/mol. The van der Waals surface area contributed by atoms with E-state index in [1.54, 1.807) is 0 Å². The molecule has 98 valence electrons. The summed E-state index contributed by atoms with van der Waals surface area (Å²) in [4.78, 5) is 9.20. The summed E-state index contributed by atoms with van der Waals surface area (Å²) in [5.74, 6) is 1.64. The molecule has 0 saturated carbocycles. The molecule has 0 unspecified atom stereocenters.